The molecule has 0 unspecified atom stereocenters. The highest BCUT2D eigenvalue weighted by Gasteiger charge is 2.28. The summed E-state index contributed by atoms with van der Waals surface area (Å²) in [5, 5.41) is 7.91. The minimum absolute atomic E-state index is 0.483. The maximum absolute atomic E-state index is 7.91. The second-order valence-corrected chi connectivity index (χ2v) is 3.39. The summed E-state index contributed by atoms with van der Waals surface area (Å²) >= 11 is 0. The molecule has 2 rings (SSSR count). The number of hydrogen-bond acceptors (Lipinski definition) is 2. The van der Waals surface area contributed by atoms with E-state index in [4.69, 9.17) is 10.1 Å². The van der Waals surface area contributed by atoms with Crippen molar-refractivity contribution in [2.45, 2.75) is 12.8 Å². The van der Waals surface area contributed by atoms with Crippen LogP contribution >= 0.6 is 0 Å². The lowest BCUT2D eigenvalue weighted by Crippen LogP contribution is -2.03. The minimum atomic E-state index is 0.483. The van der Waals surface area contributed by atoms with Crippen molar-refractivity contribution >= 4 is 5.71 Å². The third kappa shape index (κ3) is 1.57. The van der Waals surface area contributed by atoms with Gasteiger partial charge in [-0.3, -0.25) is 0 Å². The van der Waals surface area contributed by atoms with Crippen molar-refractivity contribution in [3.05, 3.63) is 29.8 Å². The number of ether oxygens (including phenoxy) is 1. The summed E-state index contributed by atoms with van der Waals surface area (Å²) in [6.07, 6.45) is 2.33. The van der Waals surface area contributed by atoms with Gasteiger partial charge in [0.2, 0.25) is 0 Å². The first-order valence-corrected chi connectivity index (χ1v) is 4.54. The molecular weight excluding hydrogens is 162 g/mol. The molecule has 1 N–H and O–H groups in total. The van der Waals surface area contributed by atoms with Gasteiger partial charge in [0.15, 0.2) is 0 Å². The summed E-state index contributed by atoms with van der Waals surface area (Å²) in [6, 6.07) is 7.75. The lowest BCUT2D eigenvalue weighted by atomic mass is 10.1. The van der Waals surface area contributed by atoms with Crippen molar-refractivity contribution in [2.24, 2.45) is 5.92 Å². The van der Waals surface area contributed by atoms with Crippen LogP contribution in [-0.4, -0.2) is 12.8 Å². The molecule has 1 fully saturated rings. The first-order valence-electron chi connectivity index (χ1n) is 4.54. The molecule has 1 aliphatic carbocycles. The zero-order chi connectivity index (χ0) is 9.26. The first kappa shape index (κ1) is 8.30. The Bertz CT molecular complexity index is 329. The molecule has 2 nitrogen and oxygen atoms in total. The van der Waals surface area contributed by atoms with Gasteiger partial charge in [-0.1, -0.05) is 12.1 Å². The molecule has 0 saturated heterocycles. The predicted molar refractivity (Wildman–Crippen MR) is 52.5 cm³/mol. The Morgan fingerprint density at radius 3 is 2.69 bits per heavy atom. The lowest BCUT2D eigenvalue weighted by Gasteiger charge is -2.07. The van der Waals surface area contributed by atoms with E-state index < -0.39 is 0 Å². The van der Waals surface area contributed by atoms with Crippen LogP contribution in [0.4, 0.5) is 0 Å². The molecule has 1 aliphatic rings. The highest BCUT2D eigenvalue weighted by Crippen LogP contribution is 2.34. The molecule has 0 heterocycles. The molecule has 0 radical (unpaired) electrons. The van der Waals surface area contributed by atoms with Crippen LogP contribution in [0.25, 0.3) is 0 Å². The maximum atomic E-state index is 7.91. The van der Waals surface area contributed by atoms with Crippen LogP contribution in [0.3, 0.4) is 0 Å². The van der Waals surface area contributed by atoms with E-state index in [1.54, 1.807) is 7.11 Å². The average molecular weight is 175 g/mol. The van der Waals surface area contributed by atoms with Crippen LogP contribution in [0.2, 0.25) is 0 Å². The smallest absolute Gasteiger partial charge is 0.127 e. The van der Waals surface area contributed by atoms with Gasteiger partial charge in [0, 0.05) is 17.2 Å². The molecule has 0 atom stereocenters. The number of benzene rings is 1. The minimum Gasteiger partial charge on any atom is -0.496 e. The summed E-state index contributed by atoms with van der Waals surface area (Å²) in [7, 11) is 1.65. The molecule has 0 bridgehead atoms. The molecular formula is C11H13NO. The van der Waals surface area contributed by atoms with E-state index in [1.165, 1.54) is 0 Å². The SMILES string of the molecule is COc1ccccc1C(=N)C1CC1. The van der Waals surface area contributed by atoms with Gasteiger partial charge in [-0.2, -0.15) is 0 Å². The number of hydrogen-bond donors (Lipinski definition) is 1. The highest BCUT2D eigenvalue weighted by molar-refractivity contribution is 6.03. The maximum Gasteiger partial charge on any atom is 0.127 e. The van der Waals surface area contributed by atoms with Gasteiger partial charge in [0.25, 0.3) is 0 Å². The molecule has 0 spiro atoms. The average Bonchev–Trinajstić information content (AvgIpc) is 3.00. The van der Waals surface area contributed by atoms with Crippen LogP contribution in [0.15, 0.2) is 24.3 Å². The van der Waals surface area contributed by atoms with Crippen molar-refractivity contribution in [1.82, 2.24) is 0 Å². The molecule has 0 aliphatic heterocycles. The van der Waals surface area contributed by atoms with Gasteiger partial charge < -0.3 is 10.1 Å². The van der Waals surface area contributed by atoms with Crippen LogP contribution < -0.4 is 4.74 Å². The van der Waals surface area contributed by atoms with Crippen molar-refractivity contribution in [3.63, 3.8) is 0 Å². The number of nitrogens with one attached hydrogen (secondary N) is 1. The molecule has 1 saturated carbocycles. The van der Waals surface area contributed by atoms with E-state index in [2.05, 4.69) is 0 Å². The second-order valence-electron chi connectivity index (χ2n) is 3.39. The fourth-order valence-electron chi connectivity index (χ4n) is 1.46. The Balaban J connectivity index is 2.31. The van der Waals surface area contributed by atoms with E-state index in [0.29, 0.717) is 5.92 Å². The molecule has 0 aromatic heterocycles. The van der Waals surface area contributed by atoms with Gasteiger partial charge in [0.1, 0.15) is 5.75 Å². The lowest BCUT2D eigenvalue weighted by molar-refractivity contribution is 0.413. The van der Waals surface area contributed by atoms with E-state index in [-0.39, 0.29) is 0 Å². The number of para-hydroxylation sites is 1. The van der Waals surface area contributed by atoms with Crippen LogP contribution in [0, 0.1) is 11.3 Å². The summed E-state index contributed by atoms with van der Waals surface area (Å²) in [4.78, 5) is 0. The van der Waals surface area contributed by atoms with Crippen molar-refractivity contribution in [3.8, 4) is 5.75 Å². The molecule has 1 aromatic carbocycles. The summed E-state index contributed by atoms with van der Waals surface area (Å²) in [6.45, 7) is 0. The zero-order valence-corrected chi connectivity index (χ0v) is 7.71. The van der Waals surface area contributed by atoms with Gasteiger partial charge >= 0.3 is 0 Å². The summed E-state index contributed by atoms with van der Waals surface area (Å²) in [5.41, 5.74) is 1.69. The third-order valence-corrected chi connectivity index (χ3v) is 2.38. The normalized spacial score (nSPS) is 15.5. The Morgan fingerprint density at radius 2 is 2.08 bits per heavy atom. The van der Waals surface area contributed by atoms with Crippen molar-refractivity contribution < 1.29 is 4.74 Å². The summed E-state index contributed by atoms with van der Waals surface area (Å²) < 4.78 is 5.20. The van der Waals surface area contributed by atoms with E-state index in [9.17, 15) is 0 Å². The quantitative estimate of drug-likeness (QED) is 0.703. The topological polar surface area (TPSA) is 33.1 Å². The van der Waals surface area contributed by atoms with Gasteiger partial charge in [-0.15, -0.1) is 0 Å². The number of rotatable bonds is 3. The van der Waals surface area contributed by atoms with Gasteiger partial charge in [-0.05, 0) is 25.0 Å². The van der Waals surface area contributed by atoms with Crippen molar-refractivity contribution in [2.75, 3.05) is 7.11 Å². The fraction of sp³-hybridized carbons (Fsp3) is 0.364. The van der Waals surface area contributed by atoms with Crippen LogP contribution in [-0.2, 0) is 0 Å². The number of methoxy groups -OCH3 is 1. The van der Waals surface area contributed by atoms with Gasteiger partial charge in [0.05, 0.1) is 7.11 Å². The Labute approximate surface area is 78.0 Å². The van der Waals surface area contributed by atoms with Crippen molar-refractivity contribution in [1.29, 1.82) is 5.41 Å². The molecule has 68 valence electrons. The Hall–Kier alpha value is -1.31. The van der Waals surface area contributed by atoms with E-state index in [0.717, 1.165) is 29.9 Å². The standard InChI is InChI=1S/C11H13NO/c1-13-10-5-3-2-4-9(10)11(12)8-6-7-8/h2-5,8,12H,6-7H2,1H3. The largest absolute Gasteiger partial charge is 0.496 e. The molecule has 13 heavy (non-hydrogen) atoms. The molecule has 0 amide bonds. The first-order chi connectivity index (χ1) is 6.33. The fourth-order valence-corrected chi connectivity index (χ4v) is 1.46. The predicted octanol–water partition coefficient (Wildman–Crippen LogP) is 2.47. The van der Waals surface area contributed by atoms with Crippen LogP contribution in [0.1, 0.15) is 18.4 Å². The summed E-state index contributed by atoms with van der Waals surface area (Å²) in [5.74, 6) is 1.30. The van der Waals surface area contributed by atoms with Crippen LogP contribution in [0.5, 0.6) is 5.75 Å². The monoisotopic (exact) mass is 175 g/mol. The second kappa shape index (κ2) is 3.21. The highest BCUT2D eigenvalue weighted by atomic mass is 16.5. The Morgan fingerprint density at radius 1 is 1.38 bits per heavy atom. The Kier molecular flexibility index (Phi) is 2.05. The van der Waals surface area contributed by atoms with E-state index >= 15 is 0 Å². The zero-order valence-electron chi connectivity index (χ0n) is 7.71. The third-order valence-electron chi connectivity index (χ3n) is 2.38. The molecule has 1 aromatic rings. The molecule has 2 heteroatoms. The van der Waals surface area contributed by atoms with E-state index in [1.807, 2.05) is 24.3 Å². The van der Waals surface area contributed by atoms with Gasteiger partial charge in [-0.25, -0.2) is 0 Å².